The summed E-state index contributed by atoms with van der Waals surface area (Å²) >= 11 is 17.4. The lowest BCUT2D eigenvalue weighted by molar-refractivity contribution is -0.113. The molecule has 0 unspecified atom stereocenters. The summed E-state index contributed by atoms with van der Waals surface area (Å²) in [6.07, 6.45) is 1.62. The molecule has 1 fully saturated rings. The Hall–Kier alpha value is -2.80. The molecule has 8 heteroatoms. The molecule has 0 bridgehead atoms. The third kappa shape index (κ3) is 4.21. The van der Waals surface area contributed by atoms with Gasteiger partial charge in [0.15, 0.2) is 5.11 Å². The molecule has 1 aliphatic rings. The summed E-state index contributed by atoms with van der Waals surface area (Å²) in [7, 11) is 0. The topological polar surface area (TPSA) is 54.7 Å². The number of rotatable bonds is 5. The molecule has 0 atom stereocenters. The summed E-state index contributed by atoms with van der Waals surface area (Å²) < 4.78 is 11.4. The molecule has 2 aromatic carbocycles. The minimum atomic E-state index is -0.239. The first kappa shape index (κ1) is 20.5. The Morgan fingerprint density at radius 3 is 2.73 bits per heavy atom. The van der Waals surface area contributed by atoms with E-state index in [1.165, 1.54) is 4.90 Å². The van der Waals surface area contributed by atoms with Crippen molar-refractivity contribution >= 4 is 58.2 Å². The Labute approximate surface area is 188 Å². The minimum Gasteiger partial charge on any atom is -0.484 e. The standard InChI is InChI=1S/C22H16Cl2N2O3S/c1-13-4-2-3-5-19(13)26-21(27)18(25-22(26)30)11-15-7-8-16(29-15)12-28-20-9-6-14(23)10-17(20)24/h2-11H,12H2,1H3,(H,25,30)/b18-11+. The molecule has 4 rings (SSSR count). The molecule has 30 heavy (non-hydrogen) atoms. The quantitative estimate of drug-likeness (QED) is 0.390. The number of carbonyl (C=O) groups is 1. The van der Waals surface area contributed by atoms with Crippen LogP contribution >= 0.6 is 35.4 Å². The van der Waals surface area contributed by atoms with Gasteiger partial charge in [-0.25, -0.2) is 0 Å². The van der Waals surface area contributed by atoms with E-state index in [0.29, 0.717) is 38.1 Å². The van der Waals surface area contributed by atoms with E-state index in [9.17, 15) is 4.79 Å². The number of para-hydroxylation sites is 1. The summed E-state index contributed by atoms with van der Waals surface area (Å²) in [4.78, 5) is 14.3. The number of ether oxygens (including phenoxy) is 1. The van der Waals surface area contributed by atoms with Crippen LogP contribution in [0.4, 0.5) is 5.69 Å². The zero-order valence-electron chi connectivity index (χ0n) is 15.8. The fourth-order valence-electron chi connectivity index (χ4n) is 3.00. The van der Waals surface area contributed by atoms with E-state index in [2.05, 4.69) is 5.32 Å². The predicted molar refractivity (Wildman–Crippen MR) is 122 cm³/mol. The van der Waals surface area contributed by atoms with Gasteiger partial charge in [0.1, 0.15) is 29.6 Å². The molecule has 152 valence electrons. The van der Waals surface area contributed by atoms with Crippen LogP contribution in [-0.2, 0) is 11.4 Å². The fraction of sp³-hybridized carbons (Fsp3) is 0.0909. The van der Waals surface area contributed by atoms with Gasteiger partial charge in [-0.2, -0.15) is 0 Å². The number of aryl methyl sites for hydroxylation is 1. The third-order valence-corrected chi connectivity index (χ3v) is 5.28. The Kier molecular flexibility index (Phi) is 5.81. The number of halogens is 2. The van der Waals surface area contributed by atoms with E-state index in [4.69, 9.17) is 44.6 Å². The number of anilines is 1. The summed E-state index contributed by atoms with van der Waals surface area (Å²) in [5, 5.41) is 4.23. The fourth-order valence-corrected chi connectivity index (χ4v) is 3.76. The molecule has 0 saturated carbocycles. The maximum Gasteiger partial charge on any atom is 0.281 e. The normalized spacial score (nSPS) is 15.0. The van der Waals surface area contributed by atoms with Crippen LogP contribution in [0.2, 0.25) is 10.0 Å². The number of thiocarbonyl (C=S) groups is 1. The van der Waals surface area contributed by atoms with E-state index in [-0.39, 0.29) is 12.5 Å². The van der Waals surface area contributed by atoms with E-state index < -0.39 is 0 Å². The highest BCUT2D eigenvalue weighted by atomic mass is 35.5. The lowest BCUT2D eigenvalue weighted by Gasteiger charge is -2.16. The van der Waals surface area contributed by atoms with E-state index in [0.717, 1.165) is 11.3 Å². The minimum absolute atomic E-state index is 0.180. The van der Waals surface area contributed by atoms with Crippen LogP contribution < -0.4 is 15.0 Å². The monoisotopic (exact) mass is 458 g/mol. The molecule has 1 aromatic heterocycles. The lowest BCUT2D eigenvalue weighted by Crippen LogP contribution is -2.30. The molecule has 2 heterocycles. The smallest absolute Gasteiger partial charge is 0.281 e. The van der Waals surface area contributed by atoms with Crippen molar-refractivity contribution in [2.24, 2.45) is 0 Å². The predicted octanol–water partition coefficient (Wildman–Crippen LogP) is 5.74. The van der Waals surface area contributed by atoms with Crippen molar-refractivity contribution in [1.82, 2.24) is 5.32 Å². The Morgan fingerprint density at radius 1 is 1.17 bits per heavy atom. The highest BCUT2D eigenvalue weighted by Crippen LogP contribution is 2.29. The maximum atomic E-state index is 12.9. The number of hydrogen-bond donors (Lipinski definition) is 1. The van der Waals surface area contributed by atoms with Crippen molar-refractivity contribution < 1.29 is 13.9 Å². The number of carbonyl (C=O) groups excluding carboxylic acids is 1. The maximum absolute atomic E-state index is 12.9. The van der Waals surface area contributed by atoms with Crippen LogP contribution in [0.5, 0.6) is 5.75 Å². The average Bonchev–Trinajstić information content (AvgIpc) is 3.26. The second-order valence-corrected chi connectivity index (χ2v) is 7.81. The summed E-state index contributed by atoms with van der Waals surface area (Å²) in [6.45, 7) is 2.11. The first-order chi connectivity index (χ1) is 14.4. The number of nitrogens with one attached hydrogen (secondary N) is 1. The van der Waals surface area contributed by atoms with Crippen molar-refractivity contribution in [2.75, 3.05) is 4.90 Å². The molecule has 0 aliphatic carbocycles. The summed E-state index contributed by atoms with van der Waals surface area (Å²) in [6, 6.07) is 16.1. The van der Waals surface area contributed by atoms with Crippen LogP contribution in [0.15, 0.2) is 64.7 Å². The largest absolute Gasteiger partial charge is 0.484 e. The third-order valence-electron chi connectivity index (χ3n) is 4.47. The Bertz CT molecular complexity index is 1170. The molecule has 0 radical (unpaired) electrons. The molecule has 1 N–H and O–H groups in total. The van der Waals surface area contributed by atoms with Gasteiger partial charge in [0, 0.05) is 11.1 Å². The molecule has 5 nitrogen and oxygen atoms in total. The molecule has 1 amide bonds. The van der Waals surface area contributed by atoms with Gasteiger partial charge in [0.05, 0.1) is 10.7 Å². The summed E-state index contributed by atoms with van der Waals surface area (Å²) in [5.74, 6) is 1.35. The van der Waals surface area contributed by atoms with Crippen LogP contribution in [-0.4, -0.2) is 11.0 Å². The number of nitrogens with zero attached hydrogens (tertiary/aromatic N) is 1. The highest BCUT2D eigenvalue weighted by molar-refractivity contribution is 7.80. The Morgan fingerprint density at radius 2 is 1.97 bits per heavy atom. The van der Waals surface area contributed by atoms with Gasteiger partial charge in [0.25, 0.3) is 5.91 Å². The van der Waals surface area contributed by atoms with Gasteiger partial charge in [0.2, 0.25) is 0 Å². The van der Waals surface area contributed by atoms with Crippen molar-refractivity contribution in [3.63, 3.8) is 0 Å². The molecular weight excluding hydrogens is 443 g/mol. The second kappa shape index (κ2) is 8.52. The van der Waals surface area contributed by atoms with Crippen LogP contribution in [0.25, 0.3) is 6.08 Å². The first-order valence-corrected chi connectivity index (χ1v) is 10.2. The van der Waals surface area contributed by atoms with Gasteiger partial charge < -0.3 is 14.5 Å². The molecule has 1 aliphatic heterocycles. The first-order valence-electron chi connectivity index (χ1n) is 9.02. The average molecular weight is 459 g/mol. The zero-order chi connectivity index (χ0) is 21.3. The molecule has 1 saturated heterocycles. The second-order valence-electron chi connectivity index (χ2n) is 6.58. The Balaban J connectivity index is 1.48. The lowest BCUT2D eigenvalue weighted by atomic mass is 10.2. The molecular formula is C22H16Cl2N2O3S. The van der Waals surface area contributed by atoms with Gasteiger partial charge in [-0.05, 0) is 61.1 Å². The number of hydrogen-bond acceptors (Lipinski definition) is 4. The number of amides is 1. The van der Waals surface area contributed by atoms with E-state index in [1.54, 1.807) is 36.4 Å². The number of furan rings is 1. The van der Waals surface area contributed by atoms with Gasteiger partial charge >= 0.3 is 0 Å². The van der Waals surface area contributed by atoms with Gasteiger partial charge in [-0.3, -0.25) is 9.69 Å². The van der Waals surface area contributed by atoms with E-state index in [1.807, 2.05) is 31.2 Å². The van der Waals surface area contributed by atoms with Crippen molar-refractivity contribution in [3.8, 4) is 5.75 Å². The highest BCUT2D eigenvalue weighted by Gasteiger charge is 2.32. The van der Waals surface area contributed by atoms with Crippen LogP contribution in [0.1, 0.15) is 17.1 Å². The SMILES string of the molecule is Cc1ccccc1N1C(=O)/C(=C\c2ccc(COc3ccc(Cl)cc3Cl)o2)NC1=S. The van der Waals surface area contributed by atoms with Crippen LogP contribution in [0, 0.1) is 6.92 Å². The summed E-state index contributed by atoms with van der Waals surface area (Å²) in [5.41, 5.74) is 2.04. The van der Waals surface area contributed by atoms with E-state index >= 15 is 0 Å². The molecule has 3 aromatic rings. The number of benzene rings is 2. The van der Waals surface area contributed by atoms with Gasteiger partial charge in [-0.1, -0.05) is 41.4 Å². The van der Waals surface area contributed by atoms with Crippen LogP contribution in [0.3, 0.4) is 0 Å². The zero-order valence-corrected chi connectivity index (χ0v) is 18.1. The van der Waals surface area contributed by atoms with Crippen molar-refractivity contribution in [3.05, 3.63) is 87.4 Å². The molecule has 0 spiro atoms. The van der Waals surface area contributed by atoms with Crippen molar-refractivity contribution in [2.45, 2.75) is 13.5 Å². The van der Waals surface area contributed by atoms with Crippen molar-refractivity contribution in [1.29, 1.82) is 0 Å². The van der Waals surface area contributed by atoms with Gasteiger partial charge in [-0.15, -0.1) is 0 Å².